The Bertz CT molecular complexity index is 418. The van der Waals surface area contributed by atoms with Gasteiger partial charge < -0.3 is 5.11 Å². The van der Waals surface area contributed by atoms with Crippen molar-refractivity contribution in [2.24, 2.45) is 0 Å². The largest absolute Gasteiger partial charge is 0.508 e. The van der Waals surface area contributed by atoms with E-state index in [1.807, 2.05) is 0 Å². The Morgan fingerprint density at radius 1 is 1.05 bits per heavy atom. The third-order valence-electron chi connectivity index (χ3n) is 3.56. The van der Waals surface area contributed by atoms with Gasteiger partial charge in [-0.25, -0.2) is 0 Å². The highest BCUT2D eigenvalue weighted by Gasteiger charge is 2.13. The minimum Gasteiger partial charge on any atom is -0.508 e. The number of nitro groups is 1. The Morgan fingerprint density at radius 2 is 1.65 bits per heavy atom. The molecule has 1 aromatic rings. The van der Waals surface area contributed by atoms with Crippen LogP contribution >= 0.6 is 0 Å². The SMILES string of the molecule is CCCCCCCCCCc1cc(O)ccc1[N+](=O)[O-]. The van der Waals surface area contributed by atoms with Gasteiger partial charge in [0.25, 0.3) is 5.69 Å². The molecule has 4 heteroatoms. The van der Waals surface area contributed by atoms with E-state index in [0.29, 0.717) is 12.0 Å². The summed E-state index contributed by atoms with van der Waals surface area (Å²) in [5.41, 5.74) is 0.756. The molecule has 0 heterocycles. The smallest absolute Gasteiger partial charge is 0.272 e. The van der Waals surface area contributed by atoms with Crippen molar-refractivity contribution in [2.45, 2.75) is 64.7 Å². The molecule has 1 rings (SSSR count). The number of aromatic hydroxyl groups is 1. The summed E-state index contributed by atoms with van der Waals surface area (Å²) in [7, 11) is 0. The highest BCUT2D eigenvalue weighted by Crippen LogP contribution is 2.25. The lowest BCUT2D eigenvalue weighted by Gasteiger charge is -2.04. The second-order valence-electron chi connectivity index (χ2n) is 5.29. The summed E-state index contributed by atoms with van der Waals surface area (Å²) in [6.07, 6.45) is 10.3. The zero-order valence-electron chi connectivity index (χ0n) is 12.3. The molecule has 0 aliphatic rings. The van der Waals surface area contributed by atoms with Gasteiger partial charge in [-0.3, -0.25) is 10.1 Å². The van der Waals surface area contributed by atoms with Gasteiger partial charge in [0, 0.05) is 11.6 Å². The van der Waals surface area contributed by atoms with E-state index >= 15 is 0 Å². The van der Waals surface area contributed by atoms with Crippen molar-refractivity contribution in [3.63, 3.8) is 0 Å². The van der Waals surface area contributed by atoms with Crippen LogP contribution in [-0.2, 0) is 6.42 Å². The molecule has 0 fully saturated rings. The van der Waals surface area contributed by atoms with E-state index in [1.165, 1.54) is 56.7 Å². The van der Waals surface area contributed by atoms with E-state index in [2.05, 4.69) is 6.92 Å². The Hall–Kier alpha value is -1.58. The van der Waals surface area contributed by atoms with Crippen LogP contribution in [0.5, 0.6) is 5.75 Å². The van der Waals surface area contributed by atoms with Gasteiger partial charge in [-0.1, -0.05) is 51.9 Å². The number of nitrogens with zero attached hydrogens (tertiary/aromatic N) is 1. The molecule has 0 radical (unpaired) electrons. The van der Waals surface area contributed by atoms with Crippen molar-refractivity contribution in [2.75, 3.05) is 0 Å². The number of aryl methyl sites for hydroxylation is 1. The fraction of sp³-hybridized carbons (Fsp3) is 0.625. The van der Waals surface area contributed by atoms with Crippen LogP contribution < -0.4 is 0 Å². The summed E-state index contributed by atoms with van der Waals surface area (Å²) >= 11 is 0. The van der Waals surface area contributed by atoms with E-state index in [0.717, 1.165) is 12.8 Å². The first kappa shape index (κ1) is 16.5. The number of rotatable bonds is 10. The minimum atomic E-state index is -0.375. The molecule has 0 saturated carbocycles. The van der Waals surface area contributed by atoms with Crippen LogP contribution in [0.25, 0.3) is 0 Å². The molecule has 0 aliphatic carbocycles. The summed E-state index contributed by atoms with van der Waals surface area (Å²) in [5, 5.41) is 20.3. The molecule has 20 heavy (non-hydrogen) atoms. The van der Waals surface area contributed by atoms with E-state index < -0.39 is 0 Å². The normalized spacial score (nSPS) is 10.7. The lowest BCUT2D eigenvalue weighted by atomic mass is 10.0. The van der Waals surface area contributed by atoms with Crippen molar-refractivity contribution >= 4 is 5.69 Å². The average molecular weight is 279 g/mol. The summed E-state index contributed by atoms with van der Waals surface area (Å²) in [6, 6.07) is 4.27. The number of phenols is 1. The fourth-order valence-corrected chi connectivity index (χ4v) is 2.40. The summed E-state index contributed by atoms with van der Waals surface area (Å²) in [6.45, 7) is 2.21. The average Bonchev–Trinajstić information content (AvgIpc) is 2.41. The fourth-order valence-electron chi connectivity index (χ4n) is 2.40. The number of nitro benzene ring substituents is 1. The maximum Gasteiger partial charge on any atom is 0.272 e. The number of phenolic OH excluding ortho intramolecular Hbond substituents is 1. The predicted molar refractivity (Wildman–Crippen MR) is 81.1 cm³/mol. The molecule has 0 atom stereocenters. The number of hydrogen-bond donors (Lipinski definition) is 1. The van der Waals surface area contributed by atoms with Crippen LogP contribution in [0.2, 0.25) is 0 Å². The van der Waals surface area contributed by atoms with Crippen molar-refractivity contribution in [1.82, 2.24) is 0 Å². The van der Waals surface area contributed by atoms with Crippen LogP contribution in [0.4, 0.5) is 5.69 Å². The van der Waals surface area contributed by atoms with Crippen LogP contribution in [0.3, 0.4) is 0 Å². The quantitative estimate of drug-likeness (QED) is 0.373. The van der Waals surface area contributed by atoms with Crippen molar-refractivity contribution in [3.8, 4) is 5.75 Å². The number of unbranched alkanes of at least 4 members (excludes halogenated alkanes) is 7. The van der Waals surface area contributed by atoms with Crippen LogP contribution in [0.1, 0.15) is 63.9 Å². The molecule has 0 saturated heterocycles. The summed E-state index contributed by atoms with van der Waals surface area (Å²) < 4.78 is 0. The zero-order chi connectivity index (χ0) is 14.8. The maximum absolute atomic E-state index is 10.9. The molecule has 0 amide bonds. The number of benzene rings is 1. The van der Waals surface area contributed by atoms with Gasteiger partial charge in [0.05, 0.1) is 4.92 Å². The third kappa shape index (κ3) is 6.04. The molecule has 0 aromatic heterocycles. The maximum atomic E-state index is 10.9. The van der Waals surface area contributed by atoms with Gasteiger partial charge in [-0.05, 0) is 25.0 Å². The zero-order valence-corrected chi connectivity index (χ0v) is 12.3. The summed E-state index contributed by atoms with van der Waals surface area (Å²) in [4.78, 5) is 10.5. The molecule has 0 bridgehead atoms. The van der Waals surface area contributed by atoms with Crippen LogP contribution in [-0.4, -0.2) is 10.0 Å². The molecular formula is C16H25NO3. The van der Waals surface area contributed by atoms with Gasteiger partial charge in [-0.2, -0.15) is 0 Å². The molecule has 0 unspecified atom stereocenters. The van der Waals surface area contributed by atoms with Crippen molar-refractivity contribution < 1.29 is 10.0 Å². The molecular weight excluding hydrogens is 254 g/mol. The second-order valence-corrected chi connectivity index (χ2v) is 5.29. The number of hydrogen-bond acceptors (Lipinski definition) is 3. The Morgan fingerprint density at radius 3 is 2.25 bits per heavy atom. The van der Waals surface area contributed by atoms with Gasteiger partial charge in [0.1, 0.15) is 5.75 Å². The standard InChI is InChI=1S/C16H25NO3/c1-2-3-4-5-6-7-8-9-10-14-13-15(18)11-12-16(14)17(19)20/h11-13,18H,2-10H2,1H3. The van der Waals surface area contributed by atoms with Gasteiger partial charge in [0.15, 0.2) is 0 Å². The van der Waals surface area contributed by atoms with Crippen molar-refractivity contribution in [3.05, 3.63) is 33.9 Å². The molecule has 0 aliphatic heterocycles. The molecule has 112 valence electrons. The topological polar surface area (TPSA) is 63.4 Å². The minimum absolute atomic E-state index is 0.102. The second kappa shape index (κ2) is 9.34. The Balaban J connectivity index is 2.28. The molecule has 0 spiro atoms. The lowest BCUT2D eigenvalue weighted by molar-refractivity contribution is -0.385. The molecule has 1 N–H and O–H groups in total. The Kier molecular flexibility index (Phi) is 7.70. The Labute approximate surface area is 121 Å². The van der Waals surface area contributed by atoms with E-state index in [-0.39, 0.29) is 16.4 Å². The predicted octanol–water partition coefficient (Wildman–Crippen LogP) is 4.98. The van der Waals surface area contributed by atoms with Crippen molar-refractivity contribution in [1.29, 1.82) is 0 Å². The first-order valence-corrected chi connectivity index (χ1v) is 7.61. The third-order valence-corrected chi connectivity index (χ3v) is 3.56. The highest BCUT2D eigenvalue weighted by molar-refractivity contribution is 5.44. The lowest BCUT2D eigenvalue weighted by Crippen LogP contribution is -1.95. The van der Waals surface area contributed by atoms with Crippen LogP contribution in [0.15, 0.2) is 18.2 Å². The molecule has 4 nitrogen and oxygen atoms in total. The van der Waals surface area contributed by atoms with Crippen LogP contribution in [0, 0.1) is 10.1 Å². The van der Waals surface area contributed by atoms with Gasteiger partial charge >= 0.3 is 0 Å². The van der Waals surface area contributed by atoms with E-state index in [9.17, 15) is 15.2 Å². The van der Waals surface area contributed by atoms with E-state index in [4.69, 9.17) is 0 Å². The van der Waals surface area contributed by atoms with E-state index in [1.54, 1.807) is 0 Å². The van der Waals surface area contributed by atoms with Gasteiger partial charge in [-0.15, -0.1) is 0 Å². The van der Waals surface area contributed by atoms with Gasteiger partial charge in [0.2, 0.25) is 0 Å². The monoisotopic (exact) mass is 279 g/mol. The first-order valence-electron chi connectivity index (χ1n) is 7.61. The highest BCUT2D eigenvalue weighted by atomic mass is 16.6. The molecule has 1 aromatic carbocycles. The summed E-state index contributed by atoms with van der Waals surface area (Å²) in [5.74, 6) is 0.102. The first-order chi connectivity index (χ1) is 9.65.